The Balaban J connectivity index is 1.31. The first-order valence-corrected chi connectivity index (χ1v) is 9.79. The fraction of sp³-hybridized carbons (Fsp3) is 0.368. The smallest absolute Gasteiger partial charge is 0.275 e. The van der Waals surface area contributed by atoms with E-state index in [0.29, 0.717) is 6.54 Å². The lowest BCUT2D eigenvalue weighted by atomic mass is 10.3. The summed E-state index contributed by atoms with van der Waals surface area (Å²) in [6, 6.07) is 16.4. The van der Waals surface area contributed by atoms with E-state index in [1.807, 2.05) is 36.5 Å². The van der Waals surface area contributed by atoms with Crippen molar-refractivity contribution in [3.05, 3.63) is 54.7 Å². The molecule has 2 heterocycles. The number of nitrogens with one attached hydrogen (secondary N) is 3. The number of H-pyrrole nitrogens is 1. The van der Waals surface area contributed by atoms with E-state index < -0.39 is 0 Å². The van der Waals surface area contributed by atoms with Crippen LogP contribution in [0.25, 0.3) is 0 Å². The number of hydrogen-bond donors (Lipinski definition) is 2. The number of hydrogen-bond acceptors (Lipinski definition) is 3. The van der Waals surface area contributed by atoms with Crippen molar-refractivity contribution >= 4 is 23.5 Å². The van der Waals surface area contributed by atoms with Crippen LogP contribution in [0.1, 0.15) is 0 Å². The van der Waals surface area contributed by atoms with E-state index in [0.717, 1.165) is 44.3 Å². The predicted molar refractivity (Wildman–Crippen MR) is 101 cm³/mol. The second kappa shape index (κ2) is 9.44. The van der Waals surface area contributed by atoms with Crippen molar-refractivity contribution in [1.82, 2.24) is 5.32 Å². The van der Waals surface area contributed by atoms with Gasteiger partial charge in [-0.3, -0.25) is 9.69 Å². The molecule has 0 aliphatic carbocycles. The highest BCUT2D eigenvalue weighted by molar-refractivity contribution is 7.99. The Morgan fingerprint density at radius 2 is 1.88 bits per heavy atom. The summed E-state index contributed by atoms with van der Waals surface area (Å²) in [7, 11) is 0. The number of thioether (sulfide) groups is 1. The lowest BCUT2D eigenvalue weighted by Crippen LogP contribution is -3.16. The summed E-state index contributed by atoms with van der Waals surface area (Å²) in [5, 5.41) is 3.04. The first kappa shape index (κ1) is 17.8. The average Bonchev–Trinajstić information content (AvgIpc) is 2.67. The van der Waals surface area contributed by atoms with Gasteiger partial charge in [0.25, 0.3) is 11.7 Å². The van der Waals surface area contributed by atoms with Gasteiger partial charge in [-0.05, 0) is 18.2 Å². The number of carbonyl (C=O) groups excluding carboxylic acids is 1. The molecule has 0 atom stereocenters. The van der Waals surface area contributed by atoms with Gasteiger partial charge >= 0.3 is 0 Å². The van der Waals surface area contributed by atoms with Crippen molar-refractivity contribution in [1.29, 1.82) is 0 Å². The van der Waals surface area contributed by atoms with Gasteiger partial charge < -0.3 is 10.2 Å². The quantitative estimate of drug-likeness (QED) is 0.546. The number of aromatic amines is 1. The molecule has 6 heteroatoms. The van der Waals surface area contributed by atoms with E-state index >= 15 is 0 Å². The van der Waals surface area contributed by atoms with Crippen LogP contribution in [-0.2, 0) is 4.79 Å². The Labute approximate surface area is 153 Å². The maximum Gasteiger partial charge on any atom is 0.275 e. The van der Waals surface area contributed by atoms with Crippen molar-refractivity contribution in [3.8, 4) is 0 Å². The van der Waals surface area contributed by atoms with Crippen LogP contribution in [-0.4, -0.2) is 50.9 Å². The number of piperazine rings is 1. The van der Waals surface area contributed by atoms with Crippen LogP contribution in [0.4, 0.5) is 5.82 Å². The minimum Gasteiger partial charge on any atom is -0.350 e. The maximum absolute atomic E-state index is 12.1. The fourth-order valence-electron chi connectivity index (χ4n) is 2.99. The molecule has 1 fully saturated rings. The second-order valence-electron chi connectivity index (χ2n) is 6.17. The minimum absolute atomic E-state index is 0.156. The van der Waals surface area contributed by atoms with Crippen LogP contribution in [0.2, 0.25) is 0 Å². The van der Waals surface area contributed by atoms with E-state index in [1.54, 1.807) is 11.8 Å². The number of anilines is 1. The Kier molecular flexibility index (Phi) is 6.71. The largest absolute Gasteiger partial charge is 0.350 e. The molecule has 5 nitrogen and oxygen atoms in total. The molecule has 1 aromatic carbocycles. The van der Waals surface area contributed by atoms with Gasteiger partial charge in [0.15, 0.2) is 6.54 Å². The van der Waals surface area contributed by atoms with E-state index in [1.165, 1.54) is 9.80 Å². The van der Waals surface area contributed by atoms with Crippen LogP contribution in [0.5, 0.6) is 0 Å². The number of pyridine rings is 1. The third-order valence-corrected chi connectivity index (χ3v) is 5.36. The van der Waals surface area contributed by atoms with Gasteiger partial charge in [-0.1, -0.05) is 24.3 Å². The summed E-state index contributed by atoms with van der Waals surface area (Å²) in [5.41, 5.74) is 0. The van der Waals surface area contributed by atoms with Crippen molar-refractivity contribution in [2.24, 2.45) is 0 Å². The zero-order valence-electron chi connectivity index (χ0n) is 14.4. The number of nitrogens with zero attached hydrogens (tertiary/aromatic N) is 1. The zero-order valence-corrected chi connectivity index (χ0v) is 15.2. The lowest BCUT2D eigenvalue weighted by molar-refractivity contribution is -0.892. The third-order valence-electron chi connectivity index (χ3n) is 4.35. The summed E-state index contributed by atoms with van der Waals surface area (Å²) in [4.78, 5) is 20.3. The van der Waals surface area contributed by atoms with E-state index in [2.05, 4.69) is 33.4 Å². The highest BCUT2D eigenvalue weighted by Gasteiger charge is 2.26. The van der Waals surface area contributed by atoms with Gasteiger partial charge in [-0.15, -0.1) is 11.8 Å². The number of aromatic nitrogens is 1. The van der Waals surface area contributed by atoms with Crippen LogP contribution < -0.4 is 20.1 Å². The standard InChI is InChI=1S/C19H24N4OS/c24-19(21-10-15-25-17-6-2-1-3-7-17)16-22-11-13-23(14-12-22)18-8-4-5-9-20-18/h1-9H,10-16H2,(H,21,24)/p+2. The monoisotopic (exact) mass is 358 g/mol. The maximum atomic E-state index is 12.1. The van der Waals surface area contributed by atoms with Gasteiger partial charge in [0.2, 0.25) is 0 Å². The van der Waals surface area contributed by atoms with E-state index in [4.69, 9.17) is 0 Å². The average molecular weight is 359 g/mol. The predicted octanol–water partition coefficient (Wildman–Crippen LogP) is 0.114. The lowest BCUT2D eigenvalue weighted by Gasteiger charge is -2.27. The van der Waals surface area contributed by atoms with Gasteiger partial charge in [-0.2, -0.15) is 0 Å². The molecule has 25 heavy (non-hydrogen) atoms. The summed E-state index contributed by atoms with van der Waals surface area (Å²) in [6.45, 7) is 5.24. The topological polar surface area (TPSA) is 50.9 Å². The molecule has 1 saturated heterocycles. The molecule has 1 aliphatic heterocycles. The van der Waals surface area contributed by atoms with Crippen LogP contribution in [0.3, 0.4) is 0 Å². The fourth-order valence-corrected chi connectivity index (χ4v) is 3.78. The molecular formula is C19H26N4OS+2. The second-order valence-corrected chi connectivity index (χ2v) is 7.34. The highest BCUT2D eigenvalue weighted by Crippen LogP contribution is 2.15. The third kappa shape index (κ3) is 5.76. The van der Waals surface area contributed by atoms with Gasteiger partial charge in [0.05, 0.1) is 6.20 Å². The molecule has 1 aromatic heterocycles. The van der Waals surface area contributed by atoms with E-state index in [9.17, 15) is 4.79 Å². The first-order valence-electron chi connectivity index (χ1n) is 8.81. The Morgan fingerprint density at radius 1 is 1.12 bits per heavy atom. The molecule has 1 aliphatic rings. The summed E-state index contributed by atoms with van der Waals surface area (Å²) >= 11 is 1.77. The molecule has 3 N–H and O–H groups in total. The summed E-state index contributed by atoms with van der Waals surface area (Å²) in [6.07, 6.45) is 1.95. The number of carbonyl (C=O) groups is 1. The molecule has 0 spiro atoms. The Bertz CT molecular complexity index is 645. The van der Waals surface area contributed by atoms with Crippen LogP contribution in [0.15, 0.2) is 59.6 Å². The summed E-state index contributed by atoms with van der Waals surface area (Å²) < 4.78 is 0. The summed E-state index contributed by atoms with van der Waals surface area (Å²) in [5.74, 6) is 2.22. The van der Waals surface area contributed by atoms with Gasteiger partial charge in [0, 0.05) is 23.3 Å². The molecule has 1 amide bonds. The molecule has 0 saturated carbocycles. The van der Waals surface area contributed by atoms with Gasteiger partial charge in [0.1, 0.15) is 26.2 Å². The van der Waals surface area contributed by atoms with E-state index in [-0.39, 0.29) is 5.91 Å². The van der Waals surface area contributed by atoms with Crippen molar-refractivity contribution in [2.45, 2.75) is 4.90 Å². The molecule has 3 rings (SSSR count). The van der Waals surface area contributed by atoms with Crippen molar-refractivity contribution in [2.75, 3.05) is 49.9 Å². The molecule has 0 bridgehead atoms. The van der Waals surface area contributed by atoms with Crippen LogP contribution >= 0.6 is 11.8 Å². The molecular weight excluding hydrogens is 332 g/mol. The molecule has 0 radical (unpaired) electrons. The Morgan fingerprint density at radius 3 is 2.60 bits per heavy atom. The normalized spacial score (nSPS) is 15.1. The van der Waals surface area contributed by atoms with Crippen molar-refractivity contribution in [3.63, 3.8) is 0 Å². The number of amides is 1. The molecule has 132 valence electrons. The SMILES string of the molecule is O=C(C[NH+]1CCN(c2cccc[nH+]2)CC1)NCCSc1ccccc1. The number of rotatable bonds is 7. The molecule has 2 aromatic rings. The zero-order chi connectivity index (χ0) is 17.3. The first-order chi connectivity index (χ1) is 12.3. The van der Waals surface area contributed by atoms with Crippen LogP contribution in [0, 0.1) is 0 Å². The molecule has 0 unspecified atom stereocenters. The van der Waals surface area contributed by atoms with Crippen molar-refractivity contribution < 1.29 is 14.7 Å². The Hall–Kier alpha value is -2.05. The number of quaternary nitrogens is 1. The number of benzene rings is 1. The van der Waals surface area contributed by atoms with Gasteiger partial charge in [-0.25, -0.2) is 4.98 Å². The minimum atomic E-state index is 0.156. The highest BCUT2D eigenvalue weighted by atomic mass is 32.2.